The van der Waals surface area contributed by atoms with Crippen molar-refractivity contribution in [1.29, 1.82) is 5.26 Å². The quantitative estimate of drug-likeness (QED) is 0.624. The molecule has 0 aliphatic carbocycles. The van der Waals surface area contributed by atoms with Crippen LogP contribution in [0.5, 0.6) is 0 Å². The van der Waals surface area contributed by atoms with E-state index in [0.29, 0.717) is 12.8 Å². The predicted molar refractivity (Wildman–Crippen MR) is 45.8 cm³/mol. The molecule has 0 fully saturated rings. The van der Waals surface area contributed by atoms with Gasteiger partial charge in [-0.05, 0) is 12.8 Å². The summed E-state index contributed by atoms with van der Waals surface area (Å²) in [5, 5.41) is 16.4. The summed E-state index contributed by atoms with van der Waals surface area (Å²) < 4.78 is 21.8. The van der Waals surface area contributed by atoms with E-state index in [1.54, 1.807) is 6.07 Å². The summed E-state index contributed by atoms with van der Waals surface area (Å²) in [4.78, 5) is 10.0. The molecule has 0 aromatic heterocycles. The summed E-state index contributed by atoms with van der Waals surface area (Å²) in [5.74, 6) is -1.52. The molecule has 0 saturated carbocycles. The van der Waals surface area contributed by atoms with Crippen molar-refractivity contribution in [1.82, 2.24) is 0 Å². The van der Waals surface area contributed by atoms with Crippen LogP contribution in [0.2, 0.25) is 0 Å². The van der Waals surface area contributed by atoms with Crippen LogP contribution in [0.4, 0.5) is 0 Å². The van der Waals surface area contributed by atoms with Crippen LogP contribution < -0.4 is 0 Å². The third-order valence-corrected chi connectivity index (χ3v) is 2.86. The van der Waals surface area contributed by atoms with Crippen molar-refractivity contribution in [2.75, 3.05) is 11.5 Å². The highest BCUT2D eigenvalue weighted by atomic mass is 32.2. The minimum atomic E-state index is -3.28. The molecule has 0 unspecified atom stereocenters. The molecule has 0 aliphatic rings. The summed E-state index contributed by atoms with van der Waals surface area (Å²) in [6, 6.07) is 1.55. The first-order chi connectivity index (χ1) is 5.98. The van der Waals surface area contributed by atoms with Crippen molar-refractivity contribution in [2.24, 2.45) is 0 Å². The molecular weight excluding hydrogens is 194 g/mol. The molecule has 74 valence electrons. The molecule has 6 heteroatoms. The van der Waals surface area contributed by atoms with Crippen LogP contribution in [0, 0.1) is 11.3 Å². The fraction of sp³-hybridized carbons (Fsp3) is 0.714. The number of hydrogen-bond acceptors (Lipinski definition) is 4. The van der Waals surface area contributed by atoms with Gasteiger partial charge in [0.25, 0.3) is 0 Å². The topological polar surface area (TPSA) is 95.2 Å². The second-order valence-corrected chi connectivity index (χ2v) is 4.79. The van der Waals surface area contributed by atoms with Gasteiger partial charge in [-0.15, -0.1) is 0 Å². The van der Waals surface area contributed by atoms with Gasteiger partial charge < -0.3 is 5.11 Å². The van der Waals surface area contributed by atoms with Crippen molar-refractivity contribution >= 4 is 15.8 Å². The fourth-order valence-corrected chi connectivity index (χ4v) is 1.75. The highest BCUT2D eigenvalue weighted by Gasteiger charge is 2.09. The van der Waals surface area contributed by atoms with E-state index >= 15 is 0 Å². The Labute approximate surface area is 76.9 Å². The number of sulfone groups is 1. The molecule has 0 aromatic carbocycles. The maximum atomic E-state index is 10.9. The fourth-order valence-electron chi connectivity index (χ4n) is 0.769. The van der Waals surface area contributed by atoms with E-state index < -0.39 is 21.6 Å². The summed E-state index contributed by atoms with van der Waals surface area (Å²) >= 11 is 0. The van der Waals surface area contributed by atoms with Crippen LogP contribution in [0.25, 0.3) is 0 Å². The van der Waals surface area contributed by atoms with Crippen LogP contribution >= 0.6 is 0 Å². The molecule has 13 heavy (non-hydrogen) atoms. The number of carboxylic acid groups (broad SMARTS) is 1. The average molecular weight is 205 g/mol. The number of unbranched alkanes of at least 4 members (excludes halogenated alkanes) is 1. The Morgan fingerprint density at radius 1 is 1.38 bits per heavy atom. The molecule has 0 aliphatic heterocycles. The molecule has 0 bridgehead atoms. The normalized spacial score (nSPS) is 10.7. The van der Waals surface area contributed by atoms with E-state index in [1.165, 1.54) is 0 Å². The van der Waals surface area contributed by atoms with Crippen molar-refractivity contribution in [3.8, 4) is 6.07 Å². The maximum absolute atomic E-state index is 10.9. The molecule has 0 amide bonds. The van der Waals surface area contributed by atoms with E-state index in [4.69, 9.17) is 10.4 Å². The lowest BCUT2D eigenvalue weighted by Crippen LogP contribution is -2.10. The summed E-state index contributed by atoms with van der Waals surface area (Å²) in [5.41, 5.74) is 0. The molecule has 0 spiro atoms. The van der Waals surface area contributed by atoms with E-state index in [-0.39, 0.29) is 12.2 Å². The van der Waals surface area contributed by atoms with Gasteiger partial charge in [0.2, 0.25) is 0 Å². The number of nitriles is 1. The van der Waals surface area contributed by atoms with Gasteiger partial charge >= 0.3 is 5.97 Å². The Bertz CT molecular complexity index is 301. The number of carboxylic acids is 1. The van der Waals surface area contributed by atoms with Crippen LogP contribution in [0.1, 0.15) is 19.3 Å². The maximum Gasteiger partial charge on any atom is 0.303 e. The summed E-state index contributed by atoms with van der Waals surface area (Å²) in [7, 11) is -3.28. The predicted octanol–water partition coefficient (Wildman–Crippen LogP) is 0.180. The third-order valence-electron chi connectivity index (χ3n) is 1.38. The smallest absolute Gasteiger partial charge is 0.303 e. The molecule has 5 nitrogen and oxygen atoms in total. The second kappa shape index (κ2) is 5.54. The molecule has 0 heterocycles. The van der Waals surface area contributed by atoms with Crippen LogP contribution in [0.15, 0.2) is 0 Å². The monoisotopic (exact) mass is 205 g/mol. The number of rotatable bonds is 6. The lowest BCUT2D eigenvalue weighted by molar-refractivity contribution is -0.137. The van der Waals surface area contributed by atoms with E-state index in [0.717, 1.165) is 0 Å². The number of hydrogen-bond donors (Lipinski definition) is 1. The Morgan fingerprint density at radius 2 is 2.00 bits per heavy atom. The largest absolute Gasteiger partial charge is 0.481 e. The third kappa shape index (κ3) is 7.28. The van der Waals surface area contributed by atoms with Crippen molar-refractivity contribution in [3.63, 3.8) is 0 Å². The standard InChI is InChI=1S/C7H11NO4S/c8-4-6-13(11,12)5-2-1-3-7(9)10/h1-3,5-6H2,(H,9,10). The van der Waals surface area contributed by atoms with Crippen LogP contribution in [-0.4, -0.2) is 31.0 Å². The minimum absolute atomic E-state index is 0.0257. The highest BCUT2D eigenvalue weighted by Crippen LogP contribution is 2.00. The first-order valence-corrected chi connectivity index (χ1v) is 5.59. The van der Waals surface area contributed by atoms with Gasteiger partial charge in [0.1, 0.15) is 5.75 Å². The average Bonchev–Trinajstić information content (AvgIpc) is 1.98. The molecule has 0 saturated heterocycles. The van der Waals surface area contributed by atoms with Gasteiger partial charge in [0.15, 0.2) is 9.84 Å². The Hall–Kier alpha value is -1.09. The van der Waals surface area contributed by atoms with E-state index in [2.05, 4.69) is 0 Å². The first kappa shape index (κ1) is 11.9. The zero-order chi connectivity index (χ0) is 10.3. The van der Waals surface area contributed by atoms with Crippen molar-refractivity contribution < 1.29 is 18.3 Å². The summed E-state index contributed by atoms with van der Waals surface area (Å²) in [6.07, 6.45) is 0.610. The summed E-state index contributed by atoms with van der Waals surface area (Å²) in [6.45, 7) is 0. The number of nitrogens with zero attached hydrogens (tertiary/aromatic N) is 1. The van der Waals surface area contributed by atoms with Gasteiger partial charge in [-0.3, -0.25) is 4.79 Å². The zero-order valence-electron chi connectivity index (χ0n) is 7.06. The van der Waals surface area contributed by atoms with Gasteiger partial charge in [0.05, 0.1) is 11.8 Å². The van der Waals surface area contributed by atoms with Crippen molar-refractivity contribution in [2.45, 2.75) is 19.3 Å². The molecule has 1 N–H and O–H groups in total. The highest BCUT2D eigenvalue weighted by molar-refractivity contribution is 7.91. The second-order valence-electron chi connectivity index (χ2n) is 2.60. The van der Waals surface area contributed by atoms with Gasteiger partial charge in [0, 0.05) is 6.42 Å². The van der Waals surface area contributed by atoms with E-state index in [1.807, 2.05) is 0 Å². The van der Waals surface area contributed by atoms with E-state index in [9.17, 15) is 13.2 Å². The Kier molecular flexibility index (Phi) is 5.07. The lowest BCUT2D eigenvalue weighted by atomic mass is 10.3. The zero-order valence-corrected chi connectivity index (χ0v) is 7.88. The van der Waals surface area contributed by atoms with Gasteiger partial charge in [-0.1, -0.05) is 0 Å². The molecule has 0 rings (SSSR count). The molecule has 0 aromatic rings. The van der Waals surface area contributed by atoms with Crippen molar-refractivity contribution in [3.05, 3.63) is 0 Å². The number of carbonyl (C=O) groups is 1. The minimum Gasteiger partial charge on any atom is -0.481 e. The molecule has 0 radical (unpaired) electrons. The molecule has 0 atom stereocenters. The first-order valence-electron chi connectivity index (χ1n) is 3.77. The van der Waals surface area contributed by atoms with Gasteiger partial charge in [-0.25, -0.2) is 8.42 Å². The Morgan fingerprint density at radius 3 is 2.46 bits per heavy atom. The Balaban J connectivity index is 3.66. The SMILES string of the molecule is N#CCS(=O)(=O)CCCCC(=O)O. The molecular formula is C7H11NO4S. The van der Waals surface area contributed by atoms with Crippen LogP contribution in [0.3, 0.4) is 0 Å². The van der Waals surface area contributed by atoms with Crippen LogP contribution in [-0.2, 0) is 14.6 Å². The number of aliphatic carboxylic acids is 1. The van der Waals surface area contributed by atoms with Gasteiger partial charge in [-0.2, -0.15) is 5.26 Å². The lowest BCUT2D eigenvalue weighted by Gasteiger charge is -1.97.